The van der Waals surface area contributed by atoms with Gasteiger partial charge in [-0.1, -0.05) is 23.2 Å². The highest BCUT2D eigenvalue weighted by Gasteiger charge is 2.15. The lowest BCUT2D eigenvalue weighted by molar-refractivity contribution is 0.0922. The molecular weight excluding hydrogens is 391 g/mol. The van der Waals surface area contributed by atoms with Crippen LogP contribution >= 0.6 is 23.2 Å². The van der Waals surface area contributed by atoms with Crippen LogP contribution in [0.4, 0.5) is 0 Å². The number of carbonyl (C=O) groups excluding carboxylic acids is 2. The van der Waals surface area contributed by atoms with E-state index in [1.807, 2.05) is 19.9 Å². The third-order valence-electron chi connectivity index (χ3n) is 3.70. The van der Waals surface area contributed by atoms with Gasteiger partial charge in [0.25, 0.3) is 17.6 Å². The number of halogens is 2. The predicted molar refractivity (Wildman–Crippen MR) is 101 cm³/mol. The number of aryl methyl sites for hydroxylation is 2. The number of benzene rings is 1. The predicted octanol–water partition coefficient (Wildman–Crippen LogP) is 2.21. The number of aromatic nitrogens is 4. The molecule has 0 saturated carbocycles. The molecule has 0 unspecified atom stereocenters. The second-order valence-corrected chi connectivity index (χ2v) is 6.64. The monoisotopic (exact) mass is 406 g/mol. The third kappa shape index (κ3) is 4.35. The highest BCUT2D eigenvalue weighted by atomic mass is 35.5. The molecular formula is C17H16Cl2N6O2. The van der Waals surface area contributed by atoms with Gasteiger partial charge in [-0.3, -0.25) is 9.59 Å². The zero-order valence-corrected chi connectivity index (χ0v) is 16.1. The minimum atomic E-state index is -0.443. The number of rotatable bonds is 5. The molecule has 0 radical (unpaired) electrons. The standard InChI is InChI=1S/C17H16Cl2N6O2/c1-9-7-10(2)25-17(22-9)23-14(24-25)16(27)21-6-5-20-15(26)11-3-4-12(18)13(19)8-11/h3-4,7-8H,5-6H2,1-2H3,(H,20,26)(H,21,27). The van der Waals surface area contributed by atoms with Crippen LogP contribution in [0.3, 0.4) is 0 Å². The quantitative estimate of drug-likeness (QED) is 0.632. The molecule has 2 aromatic heterocycles. The van der Waals surface area contributed by atoms with Crippen LogP contribution in [0.5, 0.6) is 0 Å². The molecule has 27 heavy (non-hydrogen) atoms. The molecule has 10 heteroatoms. The molecule has 0 aliphatic carbocycles. The number of nitrogens with one attached hydrogen (secondary N) is 2. The Labute approximate surface area is 164 Å². The number of nitrogens with zero attached hydrogens (tertiary/aromatic N) is 4. The van der Waals surface area contributed by atoms with Crippen molar-refractivity contribution in [1.29, 1.82) is 0 Å². The van der Waals surface area contributed by atoms with Gasteiger partial charge in [0.15, 0.2) is 0 Å². The number of hydrogen-bond acceptors (Lipinski definition) is 5. The van der Waals surface area contributed by atoms with Crippen LogP contribution in [0.25, 0.3) is 5.78 Å². The largest absolute Gasteiger partial charge is 0.350 e. The molecule has 1 aromatic carbocycles. The minimum absolute atomic E-state index is 0.0204. The first-order valence-corrected chi connectivity index (χ1v) is 8.83. The third-order valence-corrected chi connectivity index (χ3v) is 4.44. The van der Waals surface area contributed by atoms with Crippen molar-refractivity contribution in [3.63, 3.8) is 0 Å². The Bertz CT molecular complexity index is 1030. The molecule has 2 amide bonds. The van der Waals surface area contributed by atoms with Gasteiger partial charge in [-0.25, -0.2) is 9.50 Å². The lowest BCUT2D eigenvalue weighted by Gasteiger charge is -2.06. The SMILES string of the molecule is Cc1cc(C)n2nc(C(=O)NCCNC(=O)c3ccc(Cl)c(Cl)c3)nc2n1. The van der Waals surface area contributed by atoms with E-state index in [0.717, 1.165) is 11.4 Å². The van der Waals surface area contributed by atoms with E-state index in [9.17, 15) is 9.59 Å². The van der Waals surface area contributed by atoms with Gasteiger partial charge < -0.3 is 10.6 Å². The summed E-state index contributed by atoms with van der Waals surface area (Å²) in [5.41, 5.74) is 2.01. The van der Waals surface area contributed by atoms with E-state index < -0.39 is 5.91 Å². The Morgan fingerprint density at radius 3 is 2.41 bits per heavy atom. The van der Waals surface area contributed by atoms with Crippen molar-refractivity contribution >= 4 is 40.8 Å². The maximum absolute atomic E-state index is 12.2. The lowest BCUT2D eigenvalue weighted by Crippen LogP contribution is -2.35. The fourth-order valence-corrected chi connectivity index (χ4v) is 2.73. The normalized spacial score (nSPS) is 10.8. The smallest absolute Gasteiger partial charge is 0.291 e. The highest BCUT2D eigenvalue weighted by molar-refractivity contribution is 6.42. The summed E-state index contributed by atoms with van der Waals surface area (Å²) in [6.07, 6.45) is 0. The first kappa shape index (κ1) is 19.1. The number of fused-ring (bicyclic) bond motifs is 1. The summed E-state index contributed by atoms with van der Waals surface area (Å²) in [5.74, 6) is -0.372. The molecule has 2 N–H and O–H groups in total. The Morgan fingerprint density at radius 2 is 1.70 bits per heavy atom. The number of carbonyl (C=O) groups is 2. The molecule has 0 aliphatic heterocycles. The summed E-state index contributed by atoms with van der Waals surface area (Å²) in [7, 11) is 0. The molecule has 0 spiro atoms. The minimum Gasteiger partial charge on any atom is -0.350 e. The van der Waals surface area contributed by atoms with Gasteiger partial charge >= 0.3 is 0 Å². The summed E-state index contributed by atoms with van der Waals surface area (Å²) < 4.78 is 1.51. The van der Waals surface area contributed by atoms with Crippen LogP contribution in [-0.2, 0) is 0 Å². The Hall–Kier alpha value is -2.71. The van der Waals surface area contributed by atoms with Crippen LogP contribution in [0.2, 0.25) is 10.0 Å². The molecule has 8 nitrogen and oxygen atoms in total. The van der Waals surface area contributed by atoms with Crippen molar-refractivity contribution < 1.29 is 9.59 Å². The molecule has 2 heterocycles. The summed E-state index contributed by atoms with van der Waals surface area (Å²) in [6.45, 7) is 4.15. The van der Waals surface area contributed by atoms with Gasteiger partial charge in [0, 0.05) is 30.0 Å². The van der Waals surface area contributed by atoms with Crippen LogP contribution in [0.15, 0.2) is 24.3 Å². The van der Waals surface area contributed by atoms with E-state index >= 15 is 0 Å². The van der Waals surface area contributed by atoms with E-state index in [1.54, 1.807) is 12.1 Å². The Morgan fingerprint density at radius 1 is 1.00 bits per heavy atom. The van der Waals surface area contributed by atoms with Gasteiger partial charge in [0.2, 0.25) is 5.82 Å². The van der Waals surface area contributed by atoms with Crippen LogP contribution < -0.4 is 10.6 Å². The lowest BCUT2D eigenvalue weighted by atomic mass is 10.2. The van der Waals surface area contributed by atoms with Crippen molar-refractivity contribution in [2.24, 2.45) is 0 Å². The molecule has 0 fully saturated rings. The second kappa shape index (κ2) is 7.89. The molecule has 0 aliphatic rings. The van der Waals surface area contributed by atoms with Crippen LogP contribution in [0.1, 0.15) is 32.4 Å². The van der Waals surface area contributed by atoms with E-state index in [4.69, 9.17) is 23.2 Å². The zero-order chi connectivity index (χ0) is 19.6. The van der Waals surface area contributed by atoms with Crippen LogP contribution in [0, 0.1) is 13.8 Å². The van der Waals surface area contributed by atoms with E-state index in [-0.39, 0.29) is 24.8 Å². The van der Waals surface area contributed by atoms with Crippen molar-refractivity contribution in [2.45, 2.75) is 13.8 Å². The van der Waals surface area contributed by atoms with Gasteiger partial charge in [-0.15, -0.1) is 5.10 Å². The van der Waals surface area contributed by atoms with Crippen molar-refractivity contribution in [3.8, 4) is 0 Å². The van der Waals surface area contributed by atoms with Gasteiger partial charge in [-0.05, 0) is 38.1 Å². The van der Waals surface area contributed by atoms with Gasteiger partial charge in [-0.2, -0.15) is 4.98 Å². The summed E-state index contributed by atoms with van der Waals surface area (Å²) in [6, 6.07) is 6.45. The fourth-order valence-electron chi connectivity index (χ4n) is 2.43. The van der Waals surface area contributed by atoms with Gasteiger partial charge in [0.05, 0.1) is 10.0 Å². The Kier molecular flexibility index (Phi) is 5.57. The molecule has 3 aromatic rings. The maximum Gasteiger partial charge on any atom is 0.291 e. The first-order valence-electron chi connectivity index (χ1n) is 8.07. The summed E-state index contributed by atoms with van der Waals surface area (Å²) in [5, 5.41) is 10.2. The first-order chi connectivity index (χ1) is 12.8. The number of amides is 2. The molecule has 3 rings (SSSR count). The van der Waals surface area contributed by atoms with Crippen molar-refractivity contribution in [2.75, 3.05) is 13.1 Å². The molecule has 0 saturated heterocycles. The van der Waals surface area contributed by atoms with Gasteiger partial charge in [0.1, 0.15) is 0 Å². The average Bonchev–Trinajstić information content (AvgIpc) is 3.05. The summed E-state index contributed by atoms with van der Waals surface area (Å²) in [4.78, 5) is 32.6. The summed E-state index contributed by atoms with van der Waals surface area (Å²) >= 11 is 11.7. The van der Waals surface area contributed by atoms with Crippen LogP contribution in [-0.4, -0.2) is 44.5 Å². The molecule has 140 valence electrons. The highest BCUT2D eigenvalue weighted by Crippen LogP contribution is 2.22. The zero-order valence-electron chi connectivity index (χ0n) is 14.6. The van der Waals surface area contributed by atoms with Crippen molar-refractivity contribution in [3.05, 3.63) is 57.1 Å². The van der Waals surface area contributed by atoms with E-state index in [1.165, 1.54) is 10.6 Å². The molecule has 0 bridgehead atoms. The average molecular weight is 407 g/mol. The second-order valence-electron chi connectivity index (χ2n) is 5.83. The van der Waals surface area contributed by atoms with E-state index in [2.05, 4.69) is 25.7 Å². The van der Waals surface area contributed by atoms with E-state index in [0.29, 0.717) is 21.4 Å². The fraction of sp³-hybridized carbons (Fsp3) is 0.235. The topological polar surface area (TPSA) is 101 Å². The Balaban J connectivity index is 1.54. The maximum atomic E-state index is 12.2. The van der Waals surface area contributed by atoms with Crippen molar-refractivity contribution in [1.82, 2.24) is 30.2 Å². The molecule has 0 atom stereocenters. The number of hydrogen-bond donors (Lipinski definition) is 2.